The van der Waals surface area contributed by atoms with Crippen LogP contribution in [0.15, 0.2) is 30.3 Å². The lowest BCUT2D eigenvalue weighted by Crippen LogP contribution is -1.94. The zero-order valence-corrected chi connectivity index (χ0v) is 11.5. The Labute approximate surface area is 112 Å². The highest BCUT2D eigenvalue weighted by atomic mass is 35.5. The largest absolute Gasteiger partial charge is 0.455 e. The van der Waals surface area contributed by atoms with E-state index in [-0.39, 0.29) is 0 Å². The molecule has 94 valence electrons. The van der Waals surface area contributed by atoms with E-state index in [1.165, 1.54) is 5.56 Å². The fraction of sp³-hybridized carbons (Fsp3) is 0.200. The zero-order valence-electron chi connectivity index (χ0n) is 10.8. The first-order valence-electron chi connectivity index (χ1n) is 5.78. The highest BCUT2D eigenvalue weighted by Crippen LogP contribution is 2.35. The van der Waals surface area contributed by atoms with E-state index in [0.717, 1.165) is 16.9 Å². The molecule has 0 unspecified atom stereocenters. The Morgan fingerprint density at radius 2 is 1.67 bits per heavy atom. The first-order chi connectivity index (χ1) is 8.49. The van der Waals surface area contributed by atoms with Crippen molar-refractivity contribution in [1.29, 1.82) is 0 Å². The third kappa shape index (κ3) is 2.44. The fourth-order valence-electron chi connectivity index (χ4n) is 1.79. The molecule has 0 aliphatic rings. The molecule has 0 bridgehead atoms. The van der Waals surface area contributed by atoms with Crippen LogP contribution in [0.25, 0.3) is 0 Å². The topological polar surface area (TPSA) is 35.2 Å². The van der Waals surface area contributed by atoms with Gasteiger partial charge in [0, 0.05) is 5.69 Å². The van der Waals surface area contributed by atoms with Gasteiger partial charge in [-0.05, 0) is 55.7 Å². The summed E-state index contributed by atoms with van der Waals surface area (Å²) in [5.74, 6) is 1.49. The van der Waals surface area contributed by atoms with Crippen molar-refractivity contribution < 1.29 is 4.74 Å². The highest BCUT2D eigenvalue weighted by Gasteiger charge is 2.10. The first kappa shape index (κ1) is 12.8. The minimum Gasteiger partial charge on any atom is -0.455 e. The summed E-state index contributed by atoms with van der Waals surface area (Å²) in [7, 11) is 0. The Morgan fingerprint density at radius 1 is 1.00 bits per heavy atom. The van der Waals surface area contributed by atoms with Gasteiger partial charge in [-0.2, -0.15) is 0 Å². The van der Waals surface area contributed by atoms with Gasteiger partial charge in [-0.25, -0.2) is 0 Å². The van der Waals surface area contributed by atoms with Gasteiger partial charge < -0.3 is 10.5 Å². The van der Waals surface area contributed by atoms with Crippen LogP contribution in [0.1, 0.15) is 16.7 Å². The van der Waals surface area contributed by atoms with E-state index >= 15 is 0 Å². The lowest BCUT2D eigenvalue weighted by molar-refractivity contribution is 0.475. The molecule has 0 atom stereocenters. The quantitative estimate of drug-likeness (QED) is 0.800. The van der Waals surface area contributed by atoms with Crippen LogP contribution in [0.2, 0.25) is 5.02 Å². The number of hydrogen-bond acceptors (Lipinski definition) is 2. The van der Waals surface area contributed by atoms with Gasteiger partial charge in [0.2, 0.25) is 0 Å². The summed E-state index contributed by atoms with van der Waals surface area (Å²) in [4.78, 5) is 0. The third-order valence-electron chi connectivity index (χ3n) is 3.04. The summed E-state index contributed by atoms with van der Waals surface area (Å²) in [5, 5.41) is 0.523. The van der Waals surface area contributed by atoms with Crippen molar-refractivity contribution in [2.24, 2.45) is 0 Å². The number of halogens is 1. The molecule has 0 radical (unpaired) electrons. The number of benzene rings is 2. The van der Waals surface area contributed by atoms with Crippen LogP contribution in [0.3, 0.4) is 0 Å². The Hall–Kier alpha value is -1.67. The van der Waals surface area contributed by atoms with E-state index in [1.807, 2.05) is 19.9 Å². The summed E-state index contributed by atoms with van der Waals surface area (Å²) >= 11 is 6.12. The van der Waals surface area contributed by atoms with E-state index in [9.17, 15) is 0 Å². The van der Waals surface area contributed by atoms with Crippen LogP contribution in [0.4, 0.5) is 5.69 Å². The molecule has 0 heterocycles. The number of nitrogen functional groups attached to an aromatic ring is 1. The molecule has 0 amide bonds. The molecule has 3 heteroatoms. The number of aryl methyl sites for hydroxylation is 2. The Kier molecular flexibility index (Phi) is 3.48. The smallest absolute Gasteiger partial charge is 0.146 e. The average molecular weight is 262 g/mol. The normalized spacial score (nSPS) is 10.4. The molecule has 0 aliphatic heterocycles. The molecule has 0 fully saturated rings. The van der Waals surface area contributed by atoms with Crippen LogP contribution < -0.4 is 10.5 Å². The Bertz CT molecular complexity index is 593. The minimum absolute atomic E-state index is 0.523. The van der Waals surface area contributed by atoms with Crippen LogP contribution in [-0.4, -0.2) is 0 Å². The van der Waals surface area contributed by atoms with Gasteiger partial charge in [0.1, 0.15) is 11.5 Å². The maximum atomic E-state index is 6.12. The number of rotatable bonds is 2. The van der Waals surface area contributed by atoms with Gasteiger partial charge in [-0.15, -0.1) is 0 Å². The van der Waals surface area contributed by atoms with Gasteiger partial charge >= 0.3 is 0 Å². The highest BCUT2D eigenvalue weighted by molar-refractivity contribution is 6.32. The maximum Gasteiger partial charge on any atom is 0.146 e. The molecule has 2 rings (SSSR count). The number of hydrogen-bond donors (Lipinski definition) is 1. The number of nitrogens with two attached hydrogens (primary N) is 1. The lowest BCUT2D eigenvalue weighted by atomic mass is 10.1. The minimum atomic E-state index is 0.523. The summed E-state index contributed by atoms with van der Waals surface area (Å²) < 4.78 is 5.92. The summed E-state index contributed by atoms with van der Waals surface area (Å²) in [5.41, 5.74) is 9.71. The average Bonchev–Trinajstić information content (AvgIpc) is 2.32. The standard InChI is InChI=1S/C15H16ClNO/c1-9-4-5-10(2)15(11(9)3)18-14-7-6-12(17)8-13(14)16/h4-8H,17H2,1-3H3. The molecular weight excluding hydrogens is 246 g/mol. The van der Waals surface area contributed by atoms with Gasteiger partial charge in [0.05, 0.1) is 5.02 Å². The molecule has 18 heavy (non-hydrogen) atoms. The second kappa shape index (κ2) is 4.91. The summed E-state index contributed by atoms with van der Waals surface area (Å²) in [6.07, 6.45) is 0. The third-order valence-corrected chi connectivity index (χ3v) is 3.34. The van der Waals surface area contributed by atoms with Crippen LogP contribution in [0.5, 0.6) is 11.5 Å². The molecule has 2 aromatic carbocycles. The molecular formula is C15H16ClNO. The maximum absolute atomic E-state index is 6.12. The molecule has 2 aromatic rings. The predicted molar refractivity (Wildman–Crippen MR) is 76.6 cm³/mol. The second-order valence-electron chi connectivity index (χ2n) is 4.45. The van der Waals surface area contributed by atoms with Crippen molar-refractivity contribution >= 4 is 17.3 Å². The monoisotopic (exact) mass is 261 g/mol. The van der Waals surface area contributed by atoms with E-state index in [4.69, 9.17) is 22.1 Å². The summed E-state index contributed by atoms with van der Waals surface area (Å²) in [6.45, 7) is 6.13. The van der Waals surface area contributed by atoms with E-state index in [0.29, 0.717) is 16.5 Å². The van der Waals surface area contributed by atoms with E-state index < -0.39 is 0 Å². The second-order valence-corrected chi connectivity index (χ2v) is 4.85. The molecule has 0 spiro atoms. The van der Waals surface area contributed by atoms with Gasteiger partial charge in [-0.3, -0.25) is 0 Å². The predicted octanol–water partition coefficient (Wildman–Crippen LogP) is 4.64. The van der Waals surface area contributed by atoms with Crippen molar-refractivity contribution in [3.63, 3.8) is 0 Å². The molecule has 2 nitrogen and oxygen atoms in total. The van der Waals surface area contributed by atoms with Crippen LogP contribution in [0, 0.1) is 20.8 Å². The zero-order chi connectivity index (χ0) is 13.3. The Balaban J connectivity index is 2.43. The van der Waals surface area contributed by atoms with Gasteiger partial charge in [0.25, 0.3) is 0 Å². The summed E-state index contributed by atoms with van der Waals surface area (Å²) in [6, 6.07) is 9.39. The Morgan fingerprint density at radius 3 is 2.33 bits per heavy atom. The van der Waals surface area contributed by atoms with Crippen LogP contribution in [-0.2, 0) is 0 Å². The van der Waals surface area contributed by atoms with Gasteiger partial charge in [-0.1, -0.05) is 23.7 Å². The molecule has 0 aliphatic carbocycles. The van der Waals surface area contributed by atoms with E-state index in [2.05, 4.69) is 13.0 Å². The van der Waals surface area contributed by atoms with Crippen molar-refractivity contribution in [1.82, 2.24) is 0 Å². The van der Waals surface area contributed by atoms with Gasteiger partial charge in [0.15, 0.2) is 0 Å². The van der Waals surface area contributed by atoms with Crippen molar-refractivity contribution in [2.45, 2.75) is 20.8 Å². The molecule has 0 aromatic heterocycles. The first-order valence-corrected chi connectivity index (χ1v) is 6.16. The molecule has 0 saturated heterocycles. The van der Waals surface area contributed by atoms with Crippen LogP contribution >= 0.6 is 11.6 Å². The fourth-order valence-corrected chi connectivity index (χ4v) is 2.02. The number of anilines is 1. The SMILES string of the molecule is Cc1ccc(C)c(Oc2ccc(N)cc2Cl)c1C. The van der Waals surface area contributed by atoms with E-state index in [1.54, 1.807) is 18.2 Å². The van der Waals surface area contributed by atoms with Crippen molar-refractivity contribution in [3.8, 4) is 11.5 Å². The molecule has 0 saturated carbocycles. The lowest BCUT2D eigenvalue weighted by Gasteiger charge is -2.14. The molecule has 2 N–H and O–H groups in total. The van der Waals surface area contributed by atoms with Crippen molar-refractivity contribution in [2.75, 3.05) is 5.73 Å². The van der Waals surface area contributed by atoms with Crippen molar-refractivity contribution in [3.05, 3.63) is 52.0 Å². The number of ether oxygens (including phenoxy) is 1.